The number of piperidine rings is 1. The fourth-order valence-electron chi connectivity index (χ4n) is 2.29. The molecule has 1 fully saturated rings. The summed E-state index contributed by atoms with van der Waals surface area (Å²) in [5.41, 5.74) is 6.48. The molecule has 0 aromatic heterocycles. The van der Waals surface area contributed by atoms with Crippen LogP contribution in [0, 0.1) is 0 Å². The molecule has 1 aromatic carbocycles. The molecule has 19 heavy (non-hydrogen) atoms. The van der Waals surface area contributed by atoms with E-state index in [9.17, 15) is 9.90 Å². The fraction of sp³-hybridized carbons (Fsp3) is 0.400. The predicted octanol–water partition coefficient (Wildman–Crippen LogP) is 1.66. The van der Waals surface area contributed by atoms with Gasteiger partial charge in [0.2, 0.25) is 5.91 Å². The predicted molar refractivity (Wildman–Crippen MR) is 76.3 cm³/mol. The Morgan fingerprint density at radius 1 is 1.42 bits per heavy atom. The summed E-state index contributed by atoms with van der Waals surface area (Å²) in [5, 5.41) is 9.98. The lowest BCUT2D eigenvalue weighted by Gasteiger charge is -2.36. The van der Waals surface area contributed by atoms with Gasteiger partial charge in [0.1, 0.15) is 0 Å². The van der Waals surface area contributed by atoms with Crippen molar-refractivity contribution in [1.82, 2.24) is 4.90 Å². The van der Waals surface area contributed by atoms with Crippen molar-refractivity contribution in [2.45, 2.75) is 25.4 Å². The lowest BCUT2D eigenvalue weighted by Crippen LogP contribution is -2.48. The number of carbonyl (C=O) groups is 1. The molecule has 4 heteroatoms. The third-order valence-corrected chi connectivity index (χ3v) is 3.34. The number of likely N-dealkylation sites (tertiary alicyclic amines) is 1. The first-order valence-corrected chi connectivity index (χ1v) is 6.51. The van der Waals surface area contributed by atoms with Crippen LogP contribution in [0.1, 0.15) is 25.3 Å². The summed E-state index contributed by atoms with van der Waals surface area (Å²) < 4.78 is 0. The van der Waals surface area contributed by atoms with Crippen LogP contribution in [0.2, 0.25) is 0 Å². The molecular formula is C15H20N2O2. The molecule has 1 amide bonds. The Kier molecular flexibility index (Phi) is 3.90. The fourth-order valence-corrected chi connectivity index (χ4v) is 2.29. The average Bonchev–Trinajstić information content (AvgIpc) is 2.36. The first-order chi connectivity index (χ1) is 8.96. The summed E-state index contributed by atoms with van der Waals surface area (Å²) in [4.78, 5) is 13.7. The summed E-state index contributed by atoms with van der Waals surface area (Å²) >= 11 is 0. The summed E-state index contributed by atoms with van der Waals surface area (Å²) in [5.74, 6) is -0.0585. The molecule has 1 atom stereocenters. The number of benzene rings is 1. The molecule has 0 bridgehead atoms. The van der Waals surface area contributed by atoms with Gasteiger partial charge in [-0.25, -0.2) is 0 Å². The van der Waals surface area contributed by atoms with E-state index < -0.39 is 5.60 Å². The Morgan fingerprint density at radius 2 is 2.11 bits per heavy atom. The van der Waals surface area contributed by atoms with Crippen LogP contribution in [0.3, 0.4) is 0 Å². The van der Waals surface area contributed by atoms with Gasteiger partial charge in [-0.2, -0.15) is 0 Å². The van der Waals surface area contributed by atoms with E-state index in [1.54, 1.807) is 36.1 Å². The maximum atomic E-state index is 12.0. The highest BCUT2D eigenvalue weighted by atomic mass is 16.3. The number of carbonyl (C=O) groups excluding carboxylic acids is 1. The quantitative estimate of drug-likeness (QED) is 0.627. The van der Waals surface area contributed by atoms with E-state index in [-0.39, 0.29) is 5.91 Å². The van der Waals surface area contributed by atoms with Crippen LogP contribution in [0.4, 0.5) is 5.69 Å². The van der Waals surface area contributed by atoms with Gasteiger partial charge in [-0.3, -0.25) is 4.79 Å². The molecule has 0 radical (unpaired) electrons. The number of nitrogens with two attached hydrogens (primary N) is 1. The minimum Gasteiger partial charge on any atom is -0.399 e. The van der Waals surface area contributed by atoms with Gasteiger partial charge in [-0.1, -0.05) is 12.1 Å². The van der Waals surface area contributed by atoms with E-state index >= 15 is 0 Å². The molecule has 2 rings (SSSR count). The molecule has 102 valence electrons. The van der Waals surface area contributed by atoms with Crippen molar-refractivity contribution < 1.29 is 9.90 Å². The number of amides is 1. The molecule has 1 heterocycles. The third kappa shape index (κ3) is 3.83. The Balaban J connectivity index is 1.98. The van der Waals surface area contributed by atoms with Crippen LogP contribution in [0.5, 0.6) is 0 Å². The van der Waals surface area contributed by atoms with E-state index in [4.69, 9.17) is 5.73 Å². The highest BCUT2D eigenvalue weighted by molar-refractivity contribution is 5.91. The van der Waals surface area contributed by atoms with Gasteiger partial charge in [0.15, 0.2) is 0 Å². The Labute approximate surface area is 113 Å². The zero-order valence-electron chi connectivity index (χ0n) is 11.2. The molecule has 3 N–H and O–H groups in total. The number of β-amino-alcohol motifs (C(OH)–C–C–N with tert-alkyl or cyclic N) is 1. The monoisotopic (exact) mass is 260 g/mol. The average molecular weight is 260 g/mol. The SMILES string of the molecule is CC1(O)CCCN(C(=O)/C=C/c2ccc(N)cc2)C1. The zero-order chi connectivity index (χ0) is 13.9. The first kappa shape index (κ1) is 13.6. The van der Waals surface area contributed by atoms with Crippen LogP contribution >= 0.6 is 0 Å². The second-order valence-electron chi connectivity index (χ2n) is 5.36. The lowest BCUT2D eigenvalue weighted by molar-refractivity contribution is -0.132. The number of anilines is 1. The van der Waals surface area contributed by atoms with Crippen molar-refractivity contribution in [2.75, 3.05) is 18.8 Å². The van der Waals surface area contributed by atoms with Crippen LogP contribution < -0.4 is 5.73 Å². The standard InChI is InChI=1S/C15H20N2O2/c1-15(19)9-2-10-17(11-15)14(18)8-5-12-3-6-13(16)7-4-12/h3-8,19H,2,9-11,16H2,1H3/b8-5+. The highest BCUT2D eigenvalue weighted by Crippen LogP contribution is 2.20. The molecule has 0 saturated carbocycles. The number of aliphatic hydroxyl groups is 1. The van der Waals surface area contributed by atoms with Gasteiger partial charge in [-0.15, -0.1) is 0 Å². The second kappa shape index (κ2) is 5.45. The van der Waals surface area contributed by atoms with Crippen LogP contribution in [-0.4, -0.2) is 34.6 Å². The summed E-state index contributed by atoms with van der Waals surface area (Å²) in [7, 11) is 0. The zero-order valence-corrected chi connectivity index (χ0v) is 11.2. The van der Waals surface area contributed by atoms with Gasteiger partial charge in [0.05, 0.1) is 5.60 Å². The van der Waals surface area contributed by atoms with E-state index in [2.05, 4.69) is 0 Å². The van der Waals surface area contributed by atoms with Crippen molar-refractivity contribution in [3.8, 4) is 0 Å². The Morgan fingerprint density at radius 3 is 2.74 bits per heavy atom. The smallest absolute Gasteiger partial charge is 0.246 e. The van der Waals surface area contributed by atoms with E-state index in [0.717, 1.165) is 18.4 Å². The molecule has 1 unspecified atom stereocenters. The number of nitrogen functional groups attached to an aromatic ring is 1. The first-order valence-electron chi connectivity index (χ1n) is 6.51. The van der Waals surface area contributed by atoms with Crippen LogP contribution in [0.25, 0.3) is 6.08 Å². The van der Waals surface area contributed by atoms with Crippen molar-refractivity contribution in [3.63, 3.8) is 0 Å². The summed E-state index contributed by atoms with van der Waals surface area (Å²) in [6, 6.07) is 7.34. The van der Waals surface area contributed by atoms with Gasteiger partial charge >= 0.3 is 0 Å². The molecule has 1 aliphatic heterocycles. The number of hydrogen-bond acceptors (Lipinski definition) is 3. The summed E-state index contributed by atoms with van der Waals surface area (Å²) in [6.07, 6.45) is 4.91. The van der Waals surface area contributed by atoms with Crippen molar-refractivity contribution in [2.24, 2.45) is 0 Å². The number of nitrogens with zero attached hydrogens (tertiary/aromatic N) is 1. The Hall–Kier alpha value is -1.81. The highest BCUT2D eigenvalue weighted by Gasteiger charge is 2.29. The van der Waals surface area contributed by atoms with Gasteiger partial charge in [-0.05, 0) is 43.5 Å². The molecule has 4 nitrogen and oxygen atoms in total. The second-order valence-corrected chi connectivity index (χ2v) is 5.36. The topological polar surface area (TPSA) is 66.6 Å². The normalized spacial score (nSPS) is 23.8. The number of hydrogen-bond donors (Lipinski definition) is 2. The molecule has 0 spiro atoms. The van der Waals surface area contributed by atoms with Crippen molar-refractivity contribution >= 4 is 17.7 Å². The molecule has 1 aliphatic rings. The lowest BCUT2D eigenvalue weighted by atomic mass is 9.95. The molecule has 1 saturated heterocycles. The maximum Gasteiger partial charge on any atom is 0.246 e. The molecule has 1 aromatic rings. The minimum absolute atomic E-state index is 0.0585. The van der Waals surface area contributed by atoms with E-state index in [1.165, 1.54) is 0 Å². The van der Waals surface area contributed by atoms with Crippen molar-refractivity contribution in [3.05, 3.63) is 35.9 Å². The van der Waals surface area contributed by atoms with E-state index in [1.807, 2.05) is 12.1 Å². The molecular weight excluding hydrogens is 240 g/mol. The number of rotatable bonds is 2. The van der Waals surface area contributed by atoms with Crippen LogP contribution in [-0.2, 0) is 4.79 Å². The van der Waals surface area contributed by atoms with Crippen molar-refractivity contribution in [1.29, 1.82) is 0 Å². The van der Waals surface area contributed by atoms with Gasteiger partial charge in [0.25, 0.3) is 0 Å². The Bertz CT molecular complexity index is 477. The molecule has 0 aliphatic carbocycles. The third-order valence-electron chi connectivity index (χ3n) is 3.34. The van der Waals surface area contributed by atoms with E-state index in [0.29, 0.717) is 18.8 Å². The maximum absolute atomic E-state index is 12.0. The van der Waals surface area contributed by atoms with Gasteiger partial charge in [0, 0.05) is 24.9 Å². The minimum atomic E-state index is -0.761. The largest absolute Gasteiger partial charge is 0.399 e. The van der Waals surface area contributed by atoms with Gasteiger partial charge < -0.3 is 15.7 Å². The van der Waals surface area contributed by atoms with Crippen LogP contribution in [0.15, 0.2) is 30.3 Å². The summed E-state index contributed by atoms with van der Waals surface area (Å²) in [6.45, 7) is 2.88.